The smallest absolute Gasteiger partial charge is 0.0991 e. The van der Waals surface area contributed by atoms with E-state index in [9.17, 15) is 5.26 Å². The van der Waals surface area contributed by atoms with Crippen molar-refractivity contribution in [3.8, 4) is 45.1 Å². The molecule has 0 unspecified atom stereocenters. The molecule has 0 atom stereocenters. The molecule has 0 amide bonds. The molecule has 0 bridgehead atoms. The molecular weight excluding hydrogens is 641 g/mol. The van der Waals surface area contributed by atoms with Gasteiger partial charge in [0.05, 0.1) is 22.7 Å². The molecule has 244 valence electrons. The first-order chi connectivity index (χ1) is 26.2. The SMILES string of the molecule is N#Cc1ccc2c(c1)c1cc(-c3ccc(-c4ccc5ccc6c(-c7cccc8ccccc78)ccc7ccc4c5c76)cc3)ccc1n2-c1ccccc1. The third kappa shape index (κ3) is 4.45. The lowest BCUT2D eigenvalue weighted by Gasteiger charge is -2.17. The van der Waals surface area contributed by atoms with E-state index in [0.717, 1.165) is 38.6 Å². The lowest BCUT2D eigenvalue weighted by atomic mass is 9.86. The van der Waals surface area contributed by atoms with Crippen LogP contribution in [-0.4, -0.2) is 4.57 Å². The van der Waals surface area contributed by atoms with E-state index in [2.05, 4.69) is 174 Å². The summed E-state index contributed by atoms with van der Waals surface area (Å²) in [5.41, 5.74) is 11.3. The second-order valence-corrected chi connectivity index (χ2v) is 14.0. The van der Waals surface area contributed by atoms with Crippen LogP contribution < -0.4 is 0 Å². The van der Waals surface area contributed by atoms with Crippen molar-refractivity contribution in [1.82, 2.24) is 4.57 Å². The molecule has 2 heteroatoms. The predicted molar refractivity (Wildman–Crippen MR) is 223 cm³/mol. The molecule has 0 saturated carbocycles. The van der Waals surface area contributed by atoms with Crippen LogP contribution in [0.3, 0.4) is 0 Å². The zero-order valence-electron chi connectivity index (χ0n) is 28.7. The van der Waals surface area contributed by atoms with Gasteiger partial charge in [-0.25, -0.2) is 0 Å². The monoisotopic (exact) mass is 670 g/mol. The van der Waals surface area contributed by atoms with Crippen molar-refractivity contribution in [1.29, 1.82) is 5.26 Å². The fraction of sp³-hybridized carbons (Fsp3) is 0. The first-order valence-corrected chi connectivity index (χ1v) is 18.1. The van der Waals surface area contributed by atoms with E-state index in [-0.39, 0.29) is 0 Å². The summed E-state index contributed by atoms with van der Waals surface area (Å²) in [6.45, 7) is 0. The normalized spacial score (nSPS) is 11.8. The Labute approximate surface area is 306 Å². The van der Waals surface area contributed by atoms with Crippen LogP contribution in [0, 0.1) is 11.3 Å². The van der Waals surface area contributed by atoms with Crippen molar-refractivity contribution < 1.29 is 0 Å². The Morgan fingerprint density at radius 2 is 0.943 bits per heavy atom. The van der Waals surface area contributed by atoms with Crippen molar-refractivity contribution in [3.63, 3.8) is 0 Å². The van der Waals surface area contributed by atoms with Gasteiger partial charge in [-0.05, 0) is 119 Å². The molecule has 1 heterocycles. The lowest BCUT2D eigenvalue weighted by molar-refractivity contribution is 1.18. The number of aromatic nitrogens is 1. The van der Waals surface area contributed by atoms with Crippen molar-refractivity contribution in [2.45, 2.75) is 0 Å². The summed E-state index contributed by atoms with van der Waals surface area (Å²) < 4.78 is 2.29. The number of para-hydroxylation sites is 1. The zero-order valence-corrected chi connectivity index (χ0v) is 28.7. The zero-order chi connectivity index (χ0) is 35.0. The van der Waals surface area contributed by atoms with E-state index < -0.39 is 0 Å². The van der Waals surface area contributed by atoms with Gasteiger partial charge in [0.1, 0.15) is 0 Å². The maximum atomic E-state index is 9.73. The Hall–Kier alpha value is -7.21. The minimum absolute atomic E-state index is 0.664. The first-order valence-electron chi connectivity index (χ1n) is 18.1. The fourth-order valence-electron chi connectivity index (χ4n) is 8.72. The minimum atomic E-state index is 0.664. The van der Waals surface area contributed by atoms with Crippen LogP contribution >= 0.6 is 0 Å². The van der Waals surface area contributed by atoms with E-state index in [1.165, 1.54) is 65.3 Å². The molecule has 11 rings (SSSR count). The largest absolute Gasteiger partial charge is 0.309 e. The van der Waals surface area contributed by atoms with Gasteiger partial charge < -0.3 is 4.57 Å². The number of nitriles is 1. The van der Waals surface area contributed by atoms with Crippen LogP contribution in [0.1, 0.15) is 5.56 Å². The number of nitrogens with zero attached hydrogens (tertiary/aromatic N) is 2. The summed E-state index contributed by atoms with van der Waals surface area (Å²) in [5, 5.41) is 22.2. The van der Waals surface area contributed by atoms with E-state index in [1.807, 2.05) is 18.2 Å². The van der Waals surface area contributed by atoms with Crippen molar-refractivity contribution in [2.75, 3.05) is 0 Å². The molecule has 2 nitrogen and oxygen atoms in total. The summed E-state index contributed by atoms with van der Waals surface area (Å²) in [4.78, 5) is 0. The van der Waals surface area contributed by atoms with Crippen molar-refractivity contribution in [3.05, 3.63) is 188 Å². The second-order valence-electron chi connectivity index (χ2n) is 14.0. The third-order valence-electron chi connectivity index (χ3n) is 11.2. The molecule has 0 spiro atoms. The van der Waals surface area contributed by atoms with Crippen LogP contribution in [0.5, 0.6) is 0 Å². The van der Waals surface area contributed by atoms with Gasteiger partial charge in [0.25, 0.3) is 0 Å². The fourth-order valence-corrected chi connectivity index (χ4v) is 8.72. The minimum Gasteiger partial charge on any atom is -0.309 e. The van der Waals surface area contributed by atoms with Gasteiger partial charge in [0.15, 0.2) is 0 Å². The summed E-state index contributed by atoms with van der Waals surface area (Å²) in [7, 11) is 0. The molecular formula is C51H30N2. The van der Waals surface area contributed by atoms with Crippen LogP contribution in [0.4, 0.5) is 0 Å². The molecule has 1 aromatic heterocycles. The van der Waals surface area contributed by atoms with E-state index in [4.69, 9.17) is 0 Å². The Bertz CT molecular complexity index is 3260. The summed E-state index contributed by atoms with van der Waals surface area (Å²) in [6, 6.07) is 68.1. The average Bonchev–Trinajstić information content (AvgIpc) is 3.55. The highest BCUT2D eigenvalue weighted by Gasteiger charge is 2.17. The van der Waals surface area contributed by atoms with Gasteiger partial charge in [0.2, 0.25) is 0 Å². The van der Waals surface area contributed by atoms with Crippen LogP contribution in [0.15, 0.2) is 182 Å². The highest BCUT2D eigenvalue weighted by Crippen LogP contribution is 2.44. The summed E-state index contributed by atoms with van der Waals surface area (Å²) in [5.74, 6) is 0. The van der Waals surface area contributed by atoms with E-state index in [1.54, 1.807) is 0 Å². The average molecular weight is 671 g/mol. The number of benzene rings is 10. The number of rotatable bonds is 4. The Balaban J connectivity index is 1.04. The quantitative estimate of drug-likeness (QED) is 0.171. The molecule has 0 aliphatic heterocycles. The third-order valence-corrected chi connectivity index (χ3v) is 11.2. The van der Waals surface area contributed by atoms with Gasteiger partial charge >= 0.3 is 0 Å². The predicted octanol–water partition coefficient (Wildman–Crippen LogP) is 13.7. The topological polar surface area (TPSA) is 28.7 Å². The molecule has 10 aromatic carbocycles. The van der Waals surface area contributed by atoms with E-state index >= 15 is 0 Å². The second kappa shape index (κ2) is 11.4. The maximum Gasteiger partial charge on any atom is 0.0991 e. The van der Waals surface area contributed by atoms with Crippen LogP contribution in [-0.2, 0) is 0 Å². The van der Waals surface area contributed by atoms with Gasteiger partial charge in [-0.3, -0.25) is 0 Å². The van der Waals surface area contributed by atoms with Gasteiger partial charge in [-0.15, -0.1) is 0 Å². The maximum absolute atomic E-state index is 9.73. The Morgan fingerprint density at radius 3 is 1.72 bits per heavy atom. The standard InChI is InChI=1S/C51H30N2/c52-31-32-13-27-48-46(29-32)47-30-38(22-28-49(47)53(48)39-9-2-1-3-10-39)33-14-16-35(17-15-33)41-23-18-36-21-26-45-43(24-19-37-20-25-44(41)50(36)51(37)45)42-12-6-8-34-7-4-5-11-40(34)42/h1-30H. The Morgan fingerprint density at radius 1 is 0.358 bits per heavy atom. The molecule has 0 radical (unpaired) electrons. The van der Waals surface area contributed by atoms with Crippen molar-refractivity contribution >= 4 is 64.9 Å². The Kier molecular flexibility index (Phi) is 6.35. The van der Waals surface area contributed by atoms with Gasteiger partial charge in [-0.2, -0.15) is 5.26 Å². The van der Waals surface area contributed by atoms with E-state index in [0.29, 0.717) is 5.56 Å². The summed E-state index contributed by atoms with van der Waals surface area (Å²) >= 11 is 0. The molecule has 0 aliphatic carbocycles. The first kappa shape index (κ1) is 29.5. The number of hydrogen-bond acceptors (Lipinski definition) is 1. The van der Waals surface area contributed by atoms with Crippen molar-refractivity contribution in [2.24, 2.45) is 0 Å². The van der Waals surface area contributed by atoms with Gasteiger partial charge in [-0.1, -0.05) is 140 Å². The molecule has 0 aliphatic rings. The lowest BCUT2D eigenvalue weighted by Crippen LogP contribution is -1.93. The molecule has 0 saturated heterocycles. The van der Waals surface area contributed by atoms with Gasteiger partial charge in [0, 0.05) is 16.5 Å². The molecule has 0 N–H and O–H groups in total. The number of fused-ring (bicyclic) bond motifs is 4. The molecule has 0 fully saturated rings. The molecule has 11 aromatic rings. The number of hydrogen-bond donors (Lipinski definition) is 0. The molecule has 53 heavy (non-hydrogen) atoms. The summed E-state index contributed by atoms with van der Waals surface area (Å²) in [6.07, 6.45) is 0. The van der Waals surface area contributed by atoms with Crippen LogP contribution in [0.2, 0.25) is 0 Å². The highest BCUT2D eigenvalue weighted by atomic mass is 15.0. The highest BCUT2D eigenvalue weighted by molar-refractivity contribution is 6.28. The van der Waals surface area contributed by atoms with Crippen LogP contribution in [0.25, 0.3) is 104 Å².